The van der Waals surface area contributed by atoms with Crippen molar-refractivity contribution in [3.8, 4) is 5.75 Å². The Hall–Kier alpha value is -3.09. The quantitative estimate of drug-likeness (QED) is 0.811. The van der Waals surface area contributed by atoms with E-state index < -0.39 is 24.0 Å². The number of carboxylic acids is 1. The summed E-state index contributed by atoms with van der Waals surface area (Å²) < 4.78 is 5.68. The number of anilines is 2. The Morgan fingerprint density at radius 1 is 1.30 bits per heavy atom. The van der Waals surface area contributed by atoms with Crippen molar-refractivity contribution in [2.75, 3.05) is 10.6 Å². The molecule has 2 unspecified atom stereocenters. The van der Waals surface area contributed by atoms with Crippen LogP contribution in [0.1, 0.15) is 30.9 Å². The van der Waals surface area contributed by atoms with E-state index in [9.17, 15) is 14.7 Å². The SMILES string of the molecule is CCC1Oc2ccc(N)nc2N(C(CCc2ccc(C)cc2)C(=O)O)C1=O. The number of aryl methyl sites for hydroxylation is 2. The fraction of sp³-hybridized carbons (Fsp3) is 0.350. The second-order valence-electron chi connectivity index (χ2n) is 6.66. The molecule has 7 nitrogen and oxygen atoms in total. The summed E-state index contributed by atoms with van der Waals surface area (Å²) in [7, 11) is 0. The first kappa shape index (κ1) is 18.7. The highest BCUT2D eigenvalue weighted by Crippen LogP contribution is 2.36. The molecular weight excluding hydrogens is 346 g/mol. The smallest absolute Gasteiger partial charge is 0.326 e. The maximum atomic E-state index is 12.9. The lowest BCUT2D eigenvalue weighted by molar-refractivity contribution is -0.141. The first-order chi connectivity index (χ1) is 12.9. The highest BCUT2D eigenvalue weighted by molar-refractivity contribution is 6.03. The third kappa shape index (κ3) is 3.86. The summed E-state index contributed by atoms with van der Waals surface area (Å²) in [6.07, 6.45) is 0.486. The zero-order chi connectivity index (χ0) is 19.6. The normalized spacial score (nSPS) is 17.2. The Morgan fingerprint density at radius 2 is 2.00 bits per heavy atom. The predicted molar refractivity (Wildman–Crippen MR) is 102 cm³/mol. The minimum Gasteiger partial charge on any atom is -0.480 e. The number of nitrogens with zero attached hydrogens (tertiary/aromatic N) is 2. The third-order valence-corrected chi connectivity index (χ3v) is 4.67. The standard InChI is InChI=1S/C20H23N3O4/c1-3-15-19(24)23(18-16(27-15)10-11-17(21)22-18)14(20(25)26)9-8-13-6-4-12(2)5-7-13/h4-7,10-11,14-15H,3,8-9H2,1-2H3,(H2,21,22)(H,25,26). The van der Waals surface area contributed by atoms with Gasteiger partial charge < -0.3 is 15.6 Å². The molecule has 7 heteroatoms. The van der Waals surface area contributed by atoms with Gasteiger partial charge in [-0.05, 0) is 43.9 Å². The Morgan fingerprint density at radius 3 is 2.63 bits per heavy atom. The van der Waals surface area contributed by atoms with Gasteiger partial charge in [0.25, 0.3) is 5.91 Å². The molecule has 0 aliphatic carbocycles. The molecule has 0 saturated heterocycles. The Balaban J connectivity index is 1.93. The van der Waals surface area contributed by atoms with E-state index in [0.29, 0.717) is 18.6 Å². The van der Waals surface area contributed by atoms with Crippen LogP contribution < -0.4 is 15.4 Å². The summed E-state index contributed by atoms with van der Waals surface area (Å²) in [4.78, 5) is 30.3. The van der Waals surface area contributed by atoms with Crippen molar-refractivity contribution in [3.63, 3.8) is 0 Å². The van der Waals surface area contributed by atoms with Gasteiger partial charge in [0.1, 0.15) is 11.9 Å². The number of amides is 1. The van der Waals surface area contributed by atoms with Gasteiger partial charge in [-0.1, -0.05) is 36.8 Å². The minimum atomic E-state index is -1.08. The topological polar surface area (TPSA) is 106 Å². The molecule has 0 bridgehead atoms. The van der Waals surface area contributed by atoms with Crippen molar-refractivity contribution in [2.45, 2.75) is 45.3 Å². The Labute approximate surface area is 157 Å². The predicted octanol–water partition coefficient (Wildman–Crippen LogP) is 2.56. The Bertz CT molecular complexity index is 851. The Kier molecular flexibility index (Phi) is 5.30. The number of carbonyl (C=O) groups is 2. The van der Waals surface area contributed by atoms with Gasteiger partial charge in [-0.25, -0.2) is 9.78 Å². The molecule has 0 radical (unpaired) electrons. The number of nitrogens with two attached hydrogens (primary N) is 1. The first-order valence-electron chi connectivity index (χ1n) is 8.95. The molecule has 1 aromatic carbocycles. The number of pyridine rings is 1. The fourth-order valence-corrected chi connectivity index (χ4v) is 3.16. The number of fused-ring (bicyclic) bond motifs is 1. The third-order valence-electron chi connectivity index (χ3n) is 4.67. The van der Waals surface area contributed by atoms with E-state index in [4.69, 9.17) is 10.5 Å². The highest BCUT2D eigenvalue weighted by Gasteiger charge is 2.41. The van der Waals surface area contributed by atoms with E-state index in [1.807, 2.05) is 38.1 Å². The molecule has 3 N–H and O–H groups in total. The van der Waals surface area contributed by atoms with E-state index in [2.05, 4.69) is 4.98 Å². The van der Waals surface area contributed by atoms with Crippen LogP contribution in [0.25, 0.3) is 0 Å². The molecule has 1 aliphatic rings. The van der Waals surface area contributed by atoms with Crippen LogP contribution in [-0.2, 0) is 16.0 Å². The average Bonchev–Trinajstić information content (AvgIpc) is 2.64. The van der Waals surface area contributed by atoms with Crippen LogP contribution in [0.3, 0.4) is 0 Å². The zero-order valence-electron chi connectivity index (χ0n) is 15.4. The molecule has 0 saturated carbocycles. The number of carboxylic acid groups (broad SMARTS) is 1. The zero-order valence-corrected chi connectivity index (χ0v) is 15.4. The lowest BCUT2D eigenvalue weighted by Gasteiger charge is -2.36. The molecule has 2 atom stereocenters. The van der Waals surface area contributed by atoms with Crippen LogP contribution in [0.15, 0.2) is 36.4 Å². The summed E-state index contributed by atoms with van der Waals surface area (Å²) in [5, 5.41) is 9.83. The van der Waals surface area contributed by atoms with Crippen molar-refractivity contribution >= 4 is 23.5 Å². The molecule has 1 amide bonds. The molecule has 3 rings (SSSR count). The van der Waals surface area contributed by atoms with Crippen molar-refractivity contribution < 1.29 is 19.4 Å². The molecule has 2 heterocycles. The number of hydrogen-bond donors (Lipinski definition) is 2. The van der Waals surface area contributed by atoms with Gasteiger partial charge >= 0.3 is 5.97 Å². The number of rotatable bonds is 6. The maximum absolute atomic E-state index is 12.9. The van der Waals surface area contributed by atoms with Crippen LogP contribution in [0.4, 0.5) is 11.6 Å². The number of aliphatic carboxylic acids is 1. The molecular formula is C20H23N3O4. The second kappa shape index (κ2) is 7.65. The lowest BCUT2D eigenvalue weighted by Crippen LogP contribution is -2.54. The summed E-state index contributed by atoms with van der Waals surface area (Å²) in [6, 6.07) is 10.0. The maximum Gasteiger partial charge on any atom is 0.326 e. The van der Waals surface area contributed by atoms with Crippen LogP contribution in [-0.4, -0.2) is 34.1 Å². The molecule has 1 aromatic heterocycles. The molecule has 0 spiro atoms. The summed E-state index contributed by atoms with van der Waals surface area (Å²) in [5.74, 6) is -0.743. The first-order valence-corrected chi connectivity index (χ1v) is 8.95. The van der Waals surface area contributed by atoms with Gasteiger partial charge in [0.15, 0.2) is 17.7 Å². The number of carbonyl (C=O) groups excluding carboxylic acids is 1. The van der Waals surface area contributed by atoms with Gasteiger partial charge in [0.05, 0.1) is 0 Å². The largest absolute Gasteiger partial charge is 0.480 e. The van der Waals surface area contributed by atoms with Crippen molar-refractivity contribution in [1.82, 2.24) is 4.98 Å². The lowest BCUT2D eigenvalue weighted by atomic mass is 10.0. The van der Waals surface area contributed by atoms with Crippen LogP contribution in [0.5, 0.6) is 5.75 Å². The molecule has 27 heavy (non-hydrogen) atoms. The molecule has 2 aromatic rings. The van der Waals surface area contributed by atoms with Gasteiger partial charge in [-0.2, -0.15) is 0 Å². The summed E-state index contributed by atoms with van der Waals surface area (Å²) in [6.45, 7) is 3.81. The van der Waals surface area contributed by atoms with E-state index >= 15 is 0 Å². The number of benzene rings is 1. The molecule has 142 valence electrons. The average molecular weight is 369 g/mol. The molecule has 0 fully saturated rings. The van der Waals surface area contributed by atoms with E-state index in [-0.39, 0.29) is 18.1 Å². The summed E-state index contributed by atoms with van der Waals surface area (Å²) in [5.41, 5.74) is 7.91. The van der Waals surface area contributed by atoms with Crippen molar-refractivity contribution in [2.24, 2.45) is 0 Å². The van der Waals surface area contributed by atoms with Gasteiger partial charge in [0, 0.05) is 0 Å². The van der Waals surface area contributed by atoms with E-state index in [1.165, 1.54) is 4.90 Å². The van der Waals surface area contributed by atoms with Gasteiger partial charge in [-0.15, -0.1) is 0 Å². The van der Waals surface area contributed by atoms with Crippen molar-refractivity contribution in [1.29, 1.82) is 0 Å². The van der Waals surface area contributed by atoms with Crippen LogP contribution >= 0.6 is 0 Å². The van der Waals surface area contributed by atoms with E-state index in [1.54, 1.807) is 12.1 Å². The highest BCUT2D eigenvalue weighted by atomic mass is 16.5. The van der Waals surface area contributed by atoms with E-state index in [0.717, 1.165) is 11.1 Å². The summed E-state index contributed by atoms with van der Waals surface area (Å²) >= 11 is 0. The van der Waals surface area contributed by atoms with Gasteiger partial charge in [-0.3, -0.25) is 9.69 Å². The monoisotopic (exact) mass is 369 g/mol. The minimum absolute atomic E-state index is 0.168. The number of hydrogen-bond acceptors (Lipinski definition) is 5. The molecule has 1 aliphatic heterocycles. The fourth-order valence-electron chi connectivity index (χ4n) is 3.16. The van der Waals surface area contributed by atoms with Crippen LogP contribution in [0, 0.1) is 6.92 Å². The number of aromatic nitrogens is 1. The number of ether oxygens (including phenoxy) is 1. The number of nitrogen functional groups attached to an aromatic ring is 1. The van der Waals surface area contributed by atoms with Gasteiger partial charge in [0.2, 0.25) is 0 Å². The van der Waals surface area contributed by atoms with Crippen LogP contribution in [0.2, 0.25) is 0 Å². The van der Waals surface area contributed by atoms with Crippen molar-refractivity contribution in [3.05, 3.63) is 47.5 Å². The second-order valence-corrected chi connectivity index (χ2v) is 6.66.